The first-order valence-corrected chi connectivity index (χ1v) is 8.44. The van der Waals surface area contributed by atoms with Crippen molar-refractivity contribution in [3.8, 4) is 0 Å². The van der Waals surface area contributed by atoms with Crippen LogP contribution in [0.25, 0.3) is 0 Å². The first-order chi connectivity index (χ1) is 11.3. The molecule has 0 spiro atoms. The molecule has 0 saturated carbocycles. The van der Waals surface area contributed by atoms with Gasteiger partial charge in [0.25, 0.3) is 5.91 Å². The molecule has 2 unspecified atom stereocenters. The van der Waals surface area contributed by atoms with E-state index < -0.39 is 6.10 Å². The van der Waals surface area contributed by atoms with Crippen LogP contribution in [0.4, 0.5) is 0 Å². The van der Waals surface area contributed by atoms with E-state index in [1.54, 1.807) is 0 Å². The van der Waals surface area contributed by atoms with Crippen molar-refractivity contribution in [2.45, 2.75) is 52.7 Å². The van der Waals surface area contributed by atoms with Gasteiger partial charge < -0.3 is 14.8 Å². The Balaban J connectivity index is 1.84. The van der Waals surface area contributed by atoms with E-state index in [2.05, 4.69) is 19.2 Å². The standard InChI is InChI=1S/C20H25NO3/c1-12-17-15(22)10-20(3,4)11-16(17)24-18(12)19(23)21-13(2)14-8-6-5-7-9-14/h5-9,13,15,22H,10-11H2,1-4H3,(H,21,23). The summed E-state index contributed by atoms with van der Waals surface area (Å²) in [5, 5.41) is 13.4. The van der Waals surface area contributed by atoms with E-state index in [4.69, 9.17) is 4.42 Å². The van der Waals surface area contributed by atoms with Crippen molar-refractivity contribution in [3.63, 3.8) is 0 Å². The van der Waals surface area contributed by atoms with Gasteiger partial charge in [0.15, 0.2) is 5.76 Å². The predicted molar refractivity (Wildman–Crippen MR) is 92.8 cm³/mol. The Morgan fingerprint density at radius 2 is 2.00 bits per heavy atom. The maximum absolute atomic E-state index is 12.6. The molecule has 1 amide bonds. The fourth-order valence-corrected chi connectivity index (χ4v) is 3.59. The number of fused-ring (bicyclic) bond motifs is 1. The maximum Gasteiger partial charge on any atom is 0.287 e. The summed E-state index contributed by atoms with van der Waals surface area (Å²) < 4.78 is 5.87. The summed E-state index contributed by atoms with van der Waals surface area (Å²) in [5.74, 6) is 0.830. The van der Waals surface area contributed by atoms with Gasteiger partial charge in [-0.25, -0.2) is 0 Å². The summed E-state index contributed by atoms with van der Waals surface area (Å²) in [7, 11) is 0. The van der Waals surface area contributed by atoms with Gasteiger partial charge in [-0.2, -0.15) is 0 Å². The quantitative estimate of drug-likeness (QED) is 0.892. The van der Waals surface area contributed by atoms with Gasteiger partial charge in [0.05, 0.1) is 12.1 Å². The molecular weight excluding hydrogens is 302 g/mol. The van der Waals surface area contributed by atoms with Crippen LogP contribution in [0.3, 0.4) is 0 Å². The molecule has 128 valence electrons. The van der Waals surface area contributed by atoms with Crippen LogP contribution in [0.2, 0.25) is 0 Å². The molecule has 1 aromatic heterocycles. The van der Waals surface area contributed by atoms with Gasteiger partial charge >= 0.3 is 0 Å². The van der Waals surface area contributed by atoms with Gasteiger partial charge in [0, 0.05) is 17.5 Å². The number of carbonyl (C=O) groups is 1. The third kappa shape index (κ3) is 3.11. The van der Waals surface area contributed by atoms with Crippen LogP contribution >= 0.6 is 0 Å². The zero-order valence-electron chi connectivity index (χ0n) is 14.7. The Bertz CT molecular complexity index is 746. The molecule has 2 N–H and O–H groups in total. The van der Waals surface area contributed by atoms with Gasteiger partial charge in [0.1, 0.15) is 5.76 Å². The number of amides is 1. The molecule has 2 aromatic rings. The molecule has 0 saturated heterocycles. The van der Waals surface area contributed by atoms with E-state index in [1.807, 2.05) is 44.2 Å². The molecule has 2 atom stereocenters. The Hall–Kier alpha value is -2.07. The molecule has 3 rings (SSSR count). The number of furan rings is 1. The summed E-state index contributed by atoms with van der Waals surface area (Å²) in [5.41, 5.74) is 2.57. The molecule has 4 heteroatoms. The molecule has 0 radical (unpaired) electrons. The molecule has 0 fully saturated rings. The molecule has 0 bridgehead atoms. The first kappa shape index (κ1) is 16.8. The van der Waals surface area contributed by atoms with Crippen LogP contribution in [0, 0.1) is 12.3 Å². The average Bonchev–Trinajstić information content (AvgIpc) is 2.83. The third-order valence-corrected chi connectivity index (χ3v) is 4.84. The Labute approximate surface area is 142 Å². The second kappa shape index (κ2) is 6.10. The minimum Gasteiger partial charge on any atom is -0.455 e. The number of aliphatic hydroxyl groups is 1. The lowest BCUT2D eigenvalue weighted by atomic mass is 9.75. The summed E-state index contributed by atoms with van der Waals surface area (Å²) in [6.07, 6.45) is 0.851. The van der Waals surface area contributed by atoms with Crippen LogP contribution in [-0.4, -0.2) is 11.0 Å². The van der Waals surface area contributed by atoms with Crippen molar-refractivity contribution < 1.29 is 14.3 Å². The van der Waals surface area contributed by atoms with Gasteiger partial charge in [-0.1, -0.05) is 44.2 Å². The highest BCUT2D eigenvalue weighted by molar-refractivity contribution is 5.93. The molecule has 0 aliphatic heterocycles. The highest BCUT2D eigenvalue weighted by Gasteiger charge is 2.37. The zero-order chi connectivity index (χ0) is 17.5. The van der Waals surface area contributed by atoms with E-state index >= 15 is 0 Å². The smallest absolute Gasteiger partial charge is 0.287 e. The van der Waals surface area contributed by atoms with Gasteiger partial charge in [-0.15, -0.1) is 0 Å². The Kier molecular flexibility index (Phi) is 4.26. The second-order valence-electron chi connectivity index (χ2n) is 7.56. The predicted octanol–water partition coefficient (Wildman–Crippen LogP) is 4.08. The molecule has 1 aromatic carbocycles. The number of hydrogen-bond donors (Lipinski definition) is 2. The number of benzene rings is 1. The largest absolute Gasteiger partial charge is 0.455 e. The lowest BCUT2D eigenvalue weighted by Gasteiger charge is -2.31. The van der Waals surface area contributed by atoms with Crippen LogP contribution in [0.1, 0.15) is 72.3 Å². The van der Waals surface area contributed by atoms with E-state index in [9.17, 15) is 9.90 Å². The summed E-state index contributed by atoms with van der Waals surface area (Å²) in [4.78, 5) is 12.6. The molecule has 24 heavy (non-hydrogen) atoms. The Morgan fingerprint density at radius 1 is 1.33 bits per heavy atom. The SMILES string of the molecule is Cc1c(C(=O)NC(C)c2ccccc2)oc2c1C(O)CC(C)(C)C2. The summed E-state index contributed by atoms with van der Waals surface area (Å²) >= 11 is 0. The van der Waals surface area contributed by atoms with Crippen molar-refractivity contribution in [2.75, 3.05) is 0 Å². The highest BCUT2D eigenvalue weighted by atomic mass is 16.4. The van der Waals surface area contributed by atoms with Crippen molar-refractivity contribution in [3.05, 3.63) is 58.5 Å². The molecule has 1 heterocycles. The lowest BCUT2D eigenvalue weighted by molar-refractivity contribution is 0.0876. The van der Waals surface area contributed by atoms with E-state index in [1.165, 1.54) is 0 Å². The second-order valence-corrected chi connectivity index (χ2v) is 7.56. The molecule has 1 aliphatic rings. The van der Waals surface area contributed by atoms with Gasteiger partial charge in [-0.3, -0.25) is 4.79 Å². The van der Waals surface area contributed by atoms with E-state index in [0.717, 1.165) is 28.9 Å². The van der Waals surface area contributed by atoms with Crippen LogP contribution in [0.15, 0.2) is 34.7 Å². The van der Waals surface area contributed by atoms with E-state index in [0.29, 0.717) is 12.2 Å². The molecule has 1 aliphatic carbocycles. The number of carbonyl (C=O) groups excluding carboxylic acids is 1. The summed E-state index contributed by atoms with van der Waals surface area (Å²) in [6.45, 7) is 8.01. The number of aliphatic hydroxyl groups excluding tert-OH is 1. The van der Waals surface area contributed by atoms with E-state index in [-0.39, 0.29) is 17.4 Å². The van der Waals surface area contributed by atoms with Crippen molar-refractivity contribution in [1.29, 1.82) is 0 Å². The molecule has 4 nitrogen and oxygen atoms in total. The number of rotatable bonds is 3. The highest BCUT2D eigenvalue weighted by Crippen LogP contribution is 2.43. The Morgan fingerprint density at radius 3 is 2.67 bits per heavy atom. The topological polar surface area (TPSA) is 62.5 Å². The number of hydrogen-bond acceptors (Lipinski definition) is 3. The van der Waals surface area contributed by atoms with Crippen LogP contribution in [0.5, 0.6) is 0 Å². The summed E-state index contributed by atoms with van der Waals surface area (Å²) in [6, 6.07) is 9.71. The normalized spacial score (nSPS) is 20.3. The van der Waals surface area contributed by atoms with Crippen molar-refractivity contribution >= 4 is 5.91 Å². The van der Waals surface area contributed by atoms with Crippen LogP contribution < -0.4 is 5.32 Å². The fourth-order valence-electron chi connectivity index (χ4n) is 3.59. The fraction of sp³-hybridized carbons (Fsp3) is 0.450. The van der Waals surface area contributed by atoms with Gasteiger partial charge in [-0.05, 0) is 31.2 Å². The third-order valence-electron chi connectivity index (χ3n) is 4.84. The maximum atomic E-state index is 12.6. The van der Waals surface area contributed by atoms with Crippen LogP contribution in [-0.2, 0) is 6.42 Å². The number of nitrogens with one attached hydrogen (secondary N) is 1. The lowest BCUT2D eigenvalue weighted by Crippen LogP contribution is -2.26. The van der Waals surface area contributed by atoms with Crippen molar-refractivity contribution in [1.82, 2.24) is 5.32 Å². The minimum atomic E-state index is -0.569. The monoisotopic (exact) mass is 327 g/mol. The zero-order valence-corrected chi connectivity index (χ0v) is 14.7. The van der Waals surface area contributed by atoms with Crippen molar-refractivity contribution in [2.24, 2.45) is 5.41 Å². The average molecular weight is 327 g/mol. The molecular formula is C20H25NO3. The first-order valence-electron chi connectivity index (χ1n) is 8.44. The van der Waals surface area contributed by atoms with Gasteiger partial charge in [0.2, 0.25) is 0 Å². The minimum absolute atomic E-state index is 0.0260.